The zero-order chi connectivity index (χ0) is 6.95. The molecule has 0 saturated heterocycles. The molecule has 0 aromatic heterocycles. The highest BCUT2D eigenvalue weighted by atomic mass is 14.6. The molecule has 0 radical (unpaired) electrons. The molecule has 1 heteroatoms. The SMILES string of the molecule is CCC=CC=CC=NC. The molecule has 0 rings (SSSR count). The Morgan fingerprint density at radius 2 is 2.00 bits per heavy atom. The Hall–Kier alpha value is -0.850. The Morgan fingerprint density at radius 3 is 2.56 bits per heavy atom. The molecule has 0 amide bonds. The van der Waals surface area contributed by atoms with Crippen LogP contribution in [0.2, 0.25) is 0 Å². The zero-order valence-corrected chi connectivity index (χ0v) is 6.04. The quantitative estimate of drug-likeness (QED) is 0.403. The molecular formula is C8H13N. The van der Waals surface area contributed by atoms with Crippen molar-refractivity contribution in [2.75, 3.05) is 7.05 Å². The summed E-state index contributed by atoms with van der Waals surface area (Å²) in [4.78, 5) is 3.79. The van der Waals surface area contributed by atoms with Gasteiger partial charge < -0.3 is 0 Å². The topological polar surface area (TPSA) is 12.4 Å². The molecule has 0 aliphatic heterocycles. The lowest BCUT2D eigenvalue weighted by Crippen LogP contribution is -1.59. The highest BCUT2D eigenvalue weighted by molar-refractivity contribution is 5.71. The van der Waals surface area contributed by atoms with E-state index in [1.54, 1.807) is 13.3 Å². The summed E-state index contributed by atoms with van der Waals surface area (Å²) >= 11 is 0. The summed E-state index contributed by atoms with van der Waals surface area (Å²) in [6, 6.07) is 0. The average molecular weight is 123 g/mol. The molecule has 0 aromatic rings. The monoisotopic (exact) mass is 123 g/mol. The molecule has 0 bridgehead atoms. The third-order valence-electron chi connectivity index (χ3n) is 0.829. The Bertz CT molecular complexity index is 121. The summed E-state index contributed by atoms with van der Waals surface area (Å²) < 4.78 is 0. The van der Waals surface area contributed by atoms with E-state index >= 15 is 0 Å². The fourth-order valence-corrected chi connectivity index (χ4v) is 0.415. The predicted octanol–water partition coefficient (Wildman–Crippen LogP) is 2.21. The van der Waals surface area contributed by atoms with Gasteiger partial charge in [-0.05, 0) is 12.5 Å². The van der Waals surface area contributed by atoms with Crippen LogP contribution in [0.4, 0.5) is 0 Å². The Morgan fingerprint density at radius 1 is 1.22 bits per heavy atom. The first-order chi connectivity index (χ1) is 4.41. The van der Waals surface area contributed by atoms with E-state index in [-0.39, 0.29) is 0 Å². The molecular weight excluding hydrogens is 110 g/mol. The summed E-state index contributed by atoms with van der Waals surface area (Å²) in [6.45, 7) is 2.11. The number of allylic oxidation sites excluding steroid dienone is 4. The third-order valence-corrected chi connectivity index (χ3v) is 0.829. The first kappa shape index (κ1) is 8.15. The summed E-state index contributed by atoms with van der Waals surface area (Å²) in [7, 11) is 1.76. The van der Waals surface area contributed by atoms with E-state index in [9.17, 15) is 0 Å². The minimum absolute atomic E-state index is 1.09. The van der Waals surface area contributed by atoms with Crippen LogP contribution in [0.1, 0.15) is 13.3 Å². The predicted molar refractivity (Wildman–Crippen MR) is 43.0 cm³/mol. The van der Waals surface area contributed by atoms with Crippen LogP contribution in [0, 0.1) is 0 Å². The molecule has 0 heterocycles. The van der Waals surface area contributed by atoms with E-state index in [0.29, 0.717) is 0 Å². The van der Waals surface area contributed by atoms with Gasteiger partial charge in [0.2, 0.25) is 0 Å². The summed E-state index contributed by atoms with van der Waals surface area (Å²) in [6.07, 6.45) is 10.8. The van der Waals surface area contributed by atoms with Crippen molar-refractivity contribution >= 4 is 6.21 Å². The van der Waals surface area contributed by atoms with E-state index < -0.39 is 0 Å². The molecule has 0 spiro atoms. The second kappa shape index (κ2) is 7.15. The van der Waals surface area contributed by atoms with Crippen molar-refractivity contribution in [3.63, 3.8) is 0 Å². The van der Waals surface area contributed by atoms with E-state index in [1.165, 1.54) is 0 Å². The first-order valence-electron chi connectivity index (χ1n) is 3.15. The van der Waals surface area contributed by atoms with Crippen LogP contribution in [0.15, 0.2) is 29.3 Å². The van der Waals surface area contributed by atoms with Crippen LogP contribution < -0.4 is 0 Å². The molecule has 0 fully saturated rings. The maximum absolute atomic E-state index is 3.79. The lowest BCUT2D eigenvalue weighted by Gasteiger charge is -1.72. The number of rotatable bonds is 3. The van der Waals surface area contributed by atoms with Gasteiger partial charge in [-0.15, -0.1) is 0 Å². The Kier molecular flexibility index (Phi) is 6.47. The van der Waals surface area contributed by atoms with E-state index in [1.807, 2.05) is 18.2 Å². The Balaban J connectivity index is 3.35. The van der Waals surface area contributed by atoms with E-state index in [2.05, 4.69) is 18.0 Å². The maximum atomic E-state index is 3.79. The molecule has 50 valence electrons. The van der Waals surface area contributed by atoms with Crippen LogP contribution in [0.25, 0.3) is 0 Å². The molecule has 0 aliphatic rings. The molecule has 9 heavy (non-hydrogen) atoms. The van der Waals surface area contributed by atoms with Crippen molar-refractivity contribution in [3.05, 3.63) is 24.3 Å². The highest BCUT2D eigenvalue weighted by Crippen LogP contribution is 1.79. The number of hydrogen-bond donors (Lipinski definition) is 0. The number of aliphatic imine (C=N–C) groups is 1. The van der Waals surface area contributed by atoms with Gasteiger partial charge in [0.1, 0.15) is 0 Å². The van der Waals surface area contributed by atoms with Gasteiger partial charge in [-0.2, -0.15) is 0 Å². The minimum atomic E-state index is 1.09. The van der Waals surface area contributed by atoms with Crippen LogP contribution in [0.5, 0.6) is 0 Å². The van der Waals surface area contributed by atoms with E-state index in [0.717, 1.165) is 6.42 Å². The van der Waals surface area contributed by atoms with Gasteiger partial charge in [0, 0.05) is 13.3 Å². The van der Waals surface area contributed by atoms with Crippen molar-refractivity contribution < 1.29 is 0 Å². The second-order valence-electron chi connectivity index (χ2n) is 1.63. The fraction of sp³-hybridized carbons (Fsp3) is 0.375. The molecule has 0 aliphatic carbocycles. The highest BCUT2D eigenvalue weighted by Gasteiger charge is 1.60. The maximum Gasteiger partial charge on any atom is 0.0277 e. The van der Waals surface area contributed by atoms with Crippen LogP contribution in [0.3, 0.4) is 0 Å². The molecule has 0 unspecified atom stereocenters. The summed E-state index contributed by atoms with van der Waals surface area (Å²) in [5, 5.41) is 0. The van der Waals surface area contributed by atoms with Gasteiger partial charge >= 0.3 is 0 Å². The molecule has 0 aromatic carbocycles. The minimum Gasteiger partial charge on any atom is -0.297 e. The van der Waals surface area contributed by atoms with Gasteiger partial charge in [0.25, 0.3) is 0 Å². The van der Waals surface area contributed by atoms with Crippen LogP contribution >= 0.6 is 0 Å². The van der Waals surface area contributed by atoms with Crippen molar-refractivity contribution in [1.29, 1.82) is 0 Å². The van der Waals surface area contributed by atoms with Gasteiger partial charge in [-0.1, -0.05) is 25.2 Å². The van der Waals surface area contributed by atoms with Gasteiger partial charge in [0.15, 0.2) is 0 Å². The first-order valence-corrected chi connectivity index (χ1v) is 3.15. The molecule has 0 N–H and O–H groups in total. The van der Waals surface area contributed by atoms with Gasteiger partial charge in [-0.25, -0.2) is 0 Å². The second-order valence-corrected chi connectivity index (χ2v) is 1.63. The average Bonchev–Trinajstić information content (AvgIpc) is 1.89. The number of hydrogen-bond acceptors (Lipinski definition) is 1. The van der Waals surface area contributed by atoms with Crippen molar-refractivity contribution in [3.8, 4) is 0 Å². The molecule has 0 atom stereocenters. The Labute approximate surface area is 56.8 Å². The van der Waals surface area contributed by atoms with Crippen LogP contribution in [-0.4, -0.2) is 13.3 Å². The van der Waals surface area contributed by atoms with Crippen molar-refractivity contribution in [1.82, 2.24) is 0 Å². The largest absolute Gasteiger partial charge is 0.297 e. The third kappa shape index (κ3) is 7.15. The van der Waals surface area contributed by atoms with E-state index in [4.69, 9.17) is 0 Å². The fourth-order valence-electron chi connectivity index (χ4n) is 0.415. The summed E-state index contributed by atoms with van der Waals surface area (Å²) in [5.41, 5.74) is 0. The van der Waals surface area contributed by atoms with Crippen LogP contribution in [-0.2, 0) is 0 Å². The lowest BCUT2D eigenvalue weighted by atomic mass is 10.4. The standard InChI is InChI=1S/C8H13N/c1-3-4-5-6-7-8-9-2/h4-8H,3H2,1-2H3. The van der Waals surface area contributed by atoms with Crippen molar-refractivity contribution in [2.45, 2.75) is 13.3 Å². The molecule has 0 saturated carbocycles. The molecule has 1 nitrogen and oxygen atoms in total. The van der Waals surface area contributed by atoms with Gasteiger partial charge in [0.05, 0.1) is 0 Å². The van der Waals surface area contributed by atoms with Gasteiger partial charge in [-0.3, -0.25) is 4.99 Å². The number of nitrogens with zero attached hydrogens (tertiary/aromatic N) is 1. The summed E-state index contributed by atoms with van der Waals surface area (Å²) in [5.74, 6) is 0. The zero-order valence-electron chi connectivity index (χ0n) is 6.04. The van der Waals surface area contributed by atoms with Crippen molar-refractivity contribution in [2.24, 2.45) is 4.99 Å². The normalized spacial score (nSPS) is 12.7. The lowest BCUT2D eigenvalue weighted by molar-refractivity contribution is 1.22. The smallest absolute Gasteiger partial charge is 0.0277 e.